The summed E-state index contributed by atoms with van der Waals surface area (Å²) < 4.78 is 72.2. The van der Waals surface area contributed by atoms with Gasteiger partial charge in [0.15, 0.2) is 0 Å². The predicted octanol–water partition coefficient (Wildman–Crippen LogP) is 9.44. The van der Waals surface area contributed by atoms with Crippen LogP contribution < -0.4 is 4.74 Å². The van der Waals surface area contributed by atoms with Crippen molar-refractivity contribution in [3.8, 4) is 16.9 Å². The summed E-state index contributed by atoms with van der Waals surface area (Å²) in [6.45, 7) is 2.92. The highest BCUT2D eigenvalue weighted by Gasteiger charge is 2.38. The van der Waals surface area contributed by atoms with E-state index >= 15 is 0 Å². The van der Waals surface area contributed by atoms with E-state index in [0.717, 1.165) is 29.9 Å². The highest BCUT2D eigenvalue weighted by Crippen LogP contribution is 2.42. The molecular formula is C29H35F5O. The first-order valence-corrected chi connectivity index (χ1v) is 13.0. The Morgan fingerprint density at radius 1 is 0.743 bits per heavy atom. The highest BCUT2D eigenvalue weighted by molar-refractivity contribution is 5.65. The zero-order chi connectivity index (χ0) is 25.0. The van der Waals surface area contributed by atoms with Crippen LogP contribution in [0.4, 0.5) is 22.0 Å². The van der Waals surface area contributed by atoms with Crippen molar-refractivity contribution in [1.82, 2.24) is 0 Å². The van der Waals surface area contributed by atoms with Crippen LogP contribution >= 0.6 is 0 Å². The molecule has 0 bridgehead atoms. The van der Waals surface area contributed by atoms with Gasteiger partial charge >= 0.3 is 6.18 Å². The fraction of sp³-hybridized carbons (Fsp3) is 0.586. The van der Waals surface area contributed by atoms with Crippen molar-refractivity contribution in [1.29, 1.82) is 0 Å². The molecule has 2 aromatic carbocycles. The molecule has 0 heterocycles. The third-order valence-corrected chi connectivity index (χ3v) is 8.15. The second kappa shape index (κ2) is 11.3. The van der Waals surface area contributed by atoms with Crippen molar-refractivity contribution in [2.45, 2.75) is 77.3 Å². The quantitative estimate of drug-likeness (QED) is 0.348. The van der Waals surface area contributed by atoms with Crippen LogP contribution in [0.5, 0.6) is 5.75 Å². The van der Waals surface area contributed by atoms with E-state index < -0.39 is 23.4 Å². The molecule has 0 amide bonds. The Morgan fingerprint density at radius 2 is 1.26 bits per heavy atom. The minimum atomic E-state index is -5.07. The molecule has 0 spiro atoms. The fourth-order valence-electron chi connectivity index (χ4n) is 6.15. The molecule has 0 N–H and O–H groups in total. The first-order valence-electron chi connectivity index (χ1n) is 13.0. The average Bonchev–Trinajstić information content (AvgIpc) is 2.83. The molecule has 35 heavy (non-hydrogen) atoms. The van der Waals surface area contributed by atoms with E-state index in [2.05, 4.69) is 6.92 Å². The lowest BCUT2D eigenvalue weighted by Crippen LogP contribution is -2.27. The molecule has 0 radical (unpaired) electrons. The molecule has 2 aromatic rings. The van der Waals surface area contributed by atoms with Crippen LogP contribution in [0.1, 0.15) is 76.7 Å². The molecule has 4 rings (SSSR count). The largest absolute Gasteiger partial charge is 0.493 e. The van der Waals surface area contributed by atoms with E-state index in [-0.39, 0.29) is 5.56 Å². The molecule has 0 saturated heterocycles. The van der Waals surface area contributed by atoms with Gasteiger partial charge in [-0.15, -0.1) is 0 Å². The van der Waals surface area contributed by atoms with Crippen LogP contribution in [0, 0.1) is 35.3 Å². The van der Waals surface area contributed by atoms with Crippen LogP contribution in [0.3, 0.4) is 0 Å². The summed E-state index contributed by atoms with van der Waals surface area (Å²) in [5, 5.41) is 0. The number of rotatable bonds is 7. The minimum Gasteiger partial charge on any atom is -0.493 e. The van der Waals surface area contributed by atoms with Crippen molar-refractivity contribution in [2.24, 2.45) is 23.7 Å². The molecule has 0 atom stereocenters. The van der Waals surface area contributed by atoms with Gasteiger partial charge in [0, 0.05) is 0 Å². The second-order valence-corrected chi connectivity index (χ2v) is 10.5. The summed E-state index contributed by atoms with van der Waals surface area (Å²) in [6, 6.07) is 8.06. The normalized spacial score (nSPS) is 25.4. The molecule has 2 fully saturated rings. The second-order valence-electron chi connectivity index (χ2n) is 10.5. The van der Waals surface area contributed by atoms with Crippen molar-refractivity contribution in [3.05, 3.63) is 53.6 Å². The first-order chi connectivity index (χ1) is 16.7. The Balaban J connectivity index is 1.25. The zero-order valence-corrected chi connectivity index (χ0v) is 20.3. The number of alkyl halides is 3. The third kappa shape index (κ3) is 6.56. The standard InChI is InChI=1S/C29H35F5O/c1-2-3-19-4-8-21(9-5-19)22-10-6-20(7-11-22)18-35-25-14-12-23(13-15-25)24-16-26(30)28(27(31)17-24)29(32,33)34/h12-17,19-22H,2-11,18H2,1H3/t19-,20-,21-,22-. The zero-order valence-electron chi connectivity index (χ0n) is 20.3. The van der Waals surface area contributed by atoms with Crippen LogP contribution in [0.25, 0.3) is 11.1 Å². The Labute approximate surface area is 205 Å². The predicted molar refractivity (Wildman–Crippen MR) is 128 cm³/mol. The van der Waals surface area contributed by atoms with Gasteiger partial charge in [0.05, 0.1) is 6.61 Å². The van der Waals surface area contributed by atoms with Gasteiger partial charge in [-0.3, -0.25) is 0 Å². The molecular weight excluding hydrogens is 459 g/mol. The lowest BCUT2D eigenvalue weighted by Gasteiger charge is -2.37. The Hall–Kier alpha value is -2.11. The third-order valence-electron chi connectivity index (χ3n) is 8.15. The number of hydrogen-bond donors (Lipinski definition) is 0. The summed E-state index contributed by atoms with van der Waals surface area (Å²) in [5.41, 5.74) is -1.38. The molecule has 2 aliphatic rings. The molecule has 2 aliphatic carbocycles. The van der Waals surface area contributed by atoms with Gasteiger partial charge < -0.3 is 4.74 Å². The first kappa shape index (κ1) is 26.0. The van der Waals surface area contributed by atoms with E-state index in [1.807, 2.05) is 0 Å². The highest BCUT2D eigenvalue weighted by atomic mass is 19.4. The van der Waals surface area contributed by atoms with Crippen LogP contribution in [0.15, 0.2) is 36.4 Å². The Morgan fingerprint density at radius 3 is 1.74 bits per heavy atom. The van der Waals surface area contributed by atoms with Crippen molar-refractivity contribution >= 4 is 0 Å². The van der Waals surface area contributed by atoms with Gasteiger partial charge in [0.2, 0.25) is 0 Å². The SMILES string of the molecule is CCC[C@H]1CC[C@H]([C@H]2CC[C@H](COc3ccc(-c4cc(F)c(C(F)(F)F)c(F)c4)cc3)CC2)CC1. The number of halogens is 5. The summed E-state index contributed by atoms with van der Waals surface area (Å²) in [7, 11) is 0. The van der Waals surface area contributed by atoms with Crippen molar-refractivity contribution in [3.63, 3.8) is 0 Å². The molecule has 2 saturated carbocycles. The van der Waals surface area contributed by atoms with Gasteiger partial charge in [0.25, 0.3) is 0 Å². The van der Waals surface area contributed by atoms with E-state index in [0.29, 0.717) is 23.8 Å². The Kier molecular flexibility index (Phi) is 8.38. The number of ether oxygens (including phenoxy) is 1. The summed E-state index contributed by atoms with van der Waals surface area (Å²) >= 11 is 0. The van der Waals surface area contributed by atoms with Gasteiger partial charge in [-0.05, 0) is 97.6 Å². The Bertz CT molecular complexity index is 929. The maximum absolute atomic E-state index is 13.9. The summed E-state index contributed by atoms with van der Waals surface area (Å²) in [6.07, 6.45) is 8.15. The lowest BCUT2D eigenvalue weighted by atomic mass is 9.69. The van der Waals surface area contributed by atoms with Crippen LogP contribution in [0.2, 0.25) is 0 Å². The molecule has 1 nitrogen and oxygen atoms in total. The van der Waals surface area contributed by atoms with E-state index in [1.54, 1.807) is 24.3 Å². The lowest BCUT2D eigenvalue weighted by molar-refractivity contribution is -0.142. The monoisotopic (exact) mass is 494 g/mol. The van der Waals surface area contributed by atoms with E-state index in [1.165, 1.54) is 64.2 Å². The summed E-state index contributed by atoms with van der Waals surface area (Å²) in [4.78, 5) is 0. The van der Waals surface area contributed by atoms with Crippen LogP contribution in [-0.2, 0) is 6.18 Å². The van der Waals surface area contributed by atoms with Gasteiger partial charge in [-0.25, -0.2) is 8.78 Å². The van der Waals surface area contributed by atoms with Crippen LogP contribution in [-0.4, -0.2) is 6.61 Å². The number of benzene rings is 2. The van der Waals surface area contributed by atoms with Gasteiger partial charge in [-0.2, -0.15) is 13.2 Å². The van der Waals surface area contributed by atoms with E-state index in [4.69, 9.17) is 4.74 Å². The molecule has 192 valence electrons. The molecule has 0 aromatic heterocycles. The minimum absolute atomic E-state index is 0.0570. The van der Waals surface area contributed by atoms with Gasteiger partial charge in [0.1, 0.15) is 22.9 Å². The fourth-order valence-corrected chi connectivity index (χ4v) is 6.15. The number of hydrogen-bond acceptors (Lipinski definition) is 1. The van der Waals surface area contributed by atoms with Crippen molar-refractivity contribution < 1.29 is 26.7 Å². The average molecular weight is 495 g/mol. The van der Waals surface area contributed by atoms with E-state index in [9.17, 15) is 22.0 Å². The molecule has 6 heteroatoms. The maximum atomic E-state index is 13.9. The van der Waals surface area contributed by atoms with Crippen molar-refractivity contribution in [2.75, 3.05) is 6.61 Å². The maximum Gasteiger partial charge on any atom is 0.422 e. The molecule has 0 unspecified atom stereocenters. The summed E-state index contributed by atoms with van der Waals surface area (Å²) in [5.74, 6) is 0.660. The topological polar surface area (TPSA) is 9.23 Å². The van der Waals surface area contributed by atoms with Gasteiger partial charge in [-0.1, -0.05) is 44.7 Å². The smallest absolute Gasteiger partial charge is 0.422 e. The molecule has 0 aliphatic heterocycles.